The molecule has 5 aromatic rings. The van der Waals surface area contributed by atoms with Crippen molar-refractivity contribution in [1.29, 1.82) is 0 Å². The summed E-state index contributed by atoms with van der Waals surface area (Å²) in [4.78, 5) is 28.7. The van der Waals surface area contributed by atoms with Crippen molar-refractivity contribution in [2.24, 2.45) is 5.73 Å². The summed E-state index contributed by atoms with van der Waals surface area (Å²) in [5.41, 5.74) is 5.98. The van der Waals surface area contributed by atoms with E-state index in [9.17, 15) is 22.8 Å². The Morgan fingerprint density at radius 1 is 1.19 bits per heavy atom. The first-order chi connectivity index (χ1) is 17.5. The Balaban J connectivity index is 1.56. The van der Waals surface area contributed by atoms with Gasteiger partial charge >= 0.3 is 6.18 Å². The molecule has 0 unspecified atom stereocenters. The van der Waals surface area contributed by atoms with Gasteiger partial charge in [-0.25, -0.2) is 4.98 Å². The van der Waals surface area contributed by atoms with Gasteiger partial charge in [0.25, 0.3) is 11.8 Å². The highest BCUT2D eigenvalue weighted by Gasteiger charge is 2.35. The van der Waals surface area contributed by atoms with Crippen molar-refractivity contribution in [1.82, 2.24) is 14.8 Å². The van der Waals surface area contributed by atoms with Gasteiger partial charge in [0.1, 0.15) is 26.9 Å². The molecule has 2 amide bonds. The SMILES string of the molecule is Cc1cc(C)n(Cc2ccc(C(=O)Nc3c(C(N)=O)sc4nc(C(F)(F)F)cc(-c5ccco5)c34)o2)n1. The molecule has 5 aromatic heterocycles. The molecular formula is C24H18F3N5O4S. The molecule has 5 rings (SSSR count). The van der Waals surface area contributed by atoms with Crippen molar-refractivity contribution in [3.05, 3.63) is 76.1 Å². The maximum absolute atomic E-state index is 13.6. The smallest absolute Gasteiger partial charge is 0.433 e. The van der Waals surface area contributed by atoms with E-state index in [1.54, 1.807) is 10.7 Å². The molecule has 0 saturated heterocycles. The Hall–Kier alpha value is -4.39. The number of carbonyl (C=O) groups is 2. The average molecular weight is 530 g/mol. The number of nitrogens with zero attached hydrogens (tertiary/aromatic N) is 3. The van der Waals surface area contributed by atoms with E-state index in [1.807, 2.05) is 19.9 Å². The monoisotopic (exact) mass is 529 g/mol. The van der Waals surface area contributed by atoms with Gasteiger partial charge < -0.3 is 19.9 Å². The fourth-order valence-corrected chi connectivity index (χ4v) is 4.91. The van der Waals surface area contributed by atoms with Crippen LogP contribution in [0.25, 0.3) is 21.5 Å². The van der Waals surface area contributed by atoms with Crippen LogP contribution in [-0.4, -0.2) is 26.6 Å². The van der Waals surface area contributed by atoms with E-state index in [0.29, 0.717) is 17.1 Å². The number of nitrogens with one attached hydrogen (secondary N) is 1. The van der Waals surface area contributed by atoms with Gasteiger partial charge in [-0.2, -0.15) is 18.3 Å². The first-order valence-corrected chi connectivity index (χ1v) is 11.6. The molecule has 0 aliphatic rings. The first kappa shape index (κ1) is 24.3. The van der Waals surface area contributed by atoms with Gasteiger partial charge in [0, 0.05) is 16.6 Å². The zero-order valence-electron chi connectivity index (χ0n) is 19.3. The number of fused-ring (bicyclic) bond motifs is 1. The van der Waals surface area contributed by atoms with Crippen molar-refractivity contribution in [2.45, 2.75) is 26.6 Å². The number of hydrogen-bond acceptors (Lipinski definition) is 7. The predicted octanol–water partition coefficient (Wildman–Crippen LogP) is 5.38. The molecular weight excluding hydrogens is 511 g/mol. The van der Waals surface area contributed by atoms with Crippen molar-refractivity contribution in [3.63, 3.8) is 0 Å². The van der Waals surface area contributed by atoms with Crippen LogP contribution in [0.4, 0.5) is 18.9 Å². The Morgan fingerprint density at radius 2 is 1.97 bits per heavy atom. The molecule has 3 N–H and O–H groups in total. The van der Waals surface area contributed by atoms with E-state index >= 15 is 0 Å². The lowest BCUT2D eigenvalue weighted by molar-refractivity contribution is -0.140. The van der Waals surface area contributed by atoms with Gasteiger partial charge in [0.05, 0.1) is 24.2 Å². The number of primary amides is 1. The minimum Gasteiger partial charge on any atom is -0.464 e. The number of aryl methyl sites for hydroxylation is 2. The number of anilines is 1. The molecule has 0 aliphatic heterocycles. The van der Waals surface area contributed by atoms with Gasteiger partial charge in [-0.15, -0.1) is 11.3 Å². The second-order valence-corrected chi connectivity index (χ2v) is 9.18. The summed E-state index contributed by atoms with van der Waals surface area (Å²) in [7, 11) is 0. The quantitative estimate of drug-likeness (QED) is 0.304. The second-order valence-electron chi connectivity index (χ2n) is 8.19. The summed E-state index contributed by atoms with van der Waals surface area (Å²) < 4.78 is 53.4. The lowest BCUT2D eigenvalue weighted by Gasteiger charge is -2.10. The first-order valence-electron chi connectivity index (χ1n) is 10.8. The Kier molecular flexibility index (Phi) is 5.86. The van der Waals surface area contributed by atoms with Crippen molar-refractivity contribution in [3.8, 4) is 11.3 Å². The van der Waals surface area contributed by atoms with Crippen molar-refractivity contribution < 1.29 is 31.6 Å². The normalized spacial score (nSPS) is 11.8. The number of halogens is 3. The van der Waals surface area contributed by atoms with Crippen LogP contribution in [0, 0.1) is 13.8 Å². The number of alkyl halides is 3. The van der Waals surface area contributed by atoms with Crippen LogP contribution < -0.4 is 11.1 Å². The van der Waals surface area contributed by atoms with E-state index in [1.165, 1.54) is 24.5 Å². The summed E-state index contributed by atoms with van der Waals surface area (Å²) in [6, 6.07) is 8.72. The molecule has 0 radical (unpaired) electrons. The number of furan rings is 2. The third-order valence-corrected chi connectivity index (χ3v) is 6.59. The minimum atomic E-state index is -4.76. The van der Waals surface area contributed by atoms with Gasteiger partial charge in [-0.1, -0.05) is 0 Å². The highest BCUT2D eigenvalue weighted by molar-refractivity contribution is 7.21. The summed E-state index contributed by atoms with van der Waals surface area (Å²) in [6.07, 6.45) is -3.46. The number of aromatic nitrogens is 3. The second kappa shape index (κ2) is 8.92. The Morgan fingerprint density at radius 3 is 2.59 bits per heavy atom. The topological polar surface area (TPSA) is 129 Å². The van der Waals surface area contributed by atoms with E-state index < -0.39 is 23.7 Å². The maximum atomic E-state index is 13.6. The van der Waals surface area contributed by atoms with E-state index in [-0.39, 0.29) is 44.4 Å². The highest BCUT2D eigenvalue weighted by atomic mass is 32.1. The molecule has 13 heteroatoms. The molecule has 9 nitrogen and oxygen atoms in total. The number of rotatable bonds is 6. The van der Waals surface area contributed by atoms with Crippen LogP contribution in [0.3, 0.4) is 0 Å². The van der Waals surface area contributed by atoms with Gasteiger partial charge in [-0.05, 0) is 50.2 Å². The Bertz CT molecular complexity index is 1650. The van der Waals surface area contributed by atoms with E-state index in [0.717, 1.165) is 17.5 Å². The summed E-state index contributed by atoms with van der Waals surface area (Å²) >= 11 is 0.638. The van der Waals surface area contributed by atoms with Crippen molar-refractivity contribution >= 4 is 39.1 Å². The molecule has 0 atom stereocenters. The van der Waals surface area contributed by atoms with Crippen LogP contribution in [0.2, 0.25) is 0 Å². The van der Waals surface area contributed by atoms with Crippen molar-refractivity contribution in [2.75, 3.05) is 5.32 Å². The molecule has 0 bridgehead atoms. The highest BCUT2D eigenvalue weighted by Crippen LogP contribution is 2.43. The van der Waals surface area contributed by atoms with E-state index in [4.69, 9.17) is 14.6 Å². The number of amides is 2. The van der Waals surface area contributed by atoms with Crippen LogP contribution in [0.1, 0.15) is 43.1 Å². The zero-order valence-corrected chi connectivity index (χ0v) is 20.2. The van der Waals surface area contributed by atoms with Gasteiger partial charge in [-0.3, -0.25) is 14.3 Å². The summed E-state index contributed by atoms with van der Waals surface area (Å²) in [5.74, 6) is -1.21. The molecule has 190 valence electrons. The molecule has 0 fully saturated rings. The molecule has 0 aliphatic carbocycles. The standard InChI is InChI=1S/C24H18F3N5O4S/c1-11-8-12(2)32(31-11)10-13-5-6-16(36-13)22(34)30-19-18-14(15-4-3-7-35-15)9-17(24(25,26)27)29-23(18)37-20(19)21(28)33/h3-9H,10H2,1-2H3,(H2,28,33)(H,30,34). The lowest BCUT2D eigenvalue weighted by atomic mass is 10.1. The fraction of sp³-hybridized carbons (Fsp3) is 0.167. The number of thiophene rings is 1. The number of nitrogens with two attached hydrogens (primary N) is 1. The number of hydrogen-bond donors (Lipinski definition) is 2. The molecule has 5 heterocycles. The summed E-state index contributed by atoms with van der Waals surface area (Å²) in [5, 5.41) is 7.02. The average Bonchev–Trinajstić information content (AvgIpc) is 3.61. The van der Waals surface area contributed by atoms with Crippen LogP contribution in [0.5, 0.6) is 0 Å². The molecule has 0 spiro atoms. The predicted molar refractivity (Wildman–Crippen MR) is 128 cm³/mol. The third-order valence-electron chi connectivity index (χ3n) is 5.50. The van der Waals surface area contributed by atoms with Crippen LogP contribution in [-0.2, 0) is 12.7 Å². The lowest BCUT2D eigenvalue weighted by Crippen LogP contribution is -2.16. The number of carbonyl (C=O) groups excluding carboxylic acids is 2. The van der Waals surface area contributed by atoms with Gasteiger partial charge in [0.15, 0.2) is 5.76 Å². The van der Waals surface area contributed by atoms with Gasteiger partial charge in [0.2, 0.25) is 0 Å². The number of pyridine rings is 1. The van der Waals surface area contributed by atoms with Crippen LogP contribution >= 0.6 is 11.3 Å². The van der Waals surface area contributed by atoms with Crippen LogP contribution in [0.15, 0.2) is 51.5 Å². The molecule has 0 aromatic carbocycles. The maximum Gasteiger partial charge on any atom is 0.433 e. The molecule has 37 heavy (non-hydrogen) atoms. The molecule has 0 saturated carbocycles. The Labute approximate surface area is 210 Å². The largest absolute Gasteiger partial charge is 0.464 e. The minimum absolute atomic E-state index is 0.00830. The fourth-order valence-electron chi connectivity index (χ4n) is 3.91. The zero-order chi connectivity index (χ0) is 26.5. The van der Waals surface area contributed by atoms with E-state index in [2.05, 4.69) is 15.4 Å². The summed E-state index contributed by atoms with van der Waals surface area (Å²) in [6.45, 7) is 4.03. The third kappa shape index (κ3) is 4.60.